The zero-order valence-corrected chi connectivity index (χ0v) is 17.7. The molecule has 4 aliphatic carbocycles. The Kier molecular flexibility index (Phi) is 4.45. The standard InChI is InChI=1S/C22H31N3O5/c1-11-12-9-13(26)16-21-6-4-5-20(2,3)14(21)10-15(22(16,17(11)27)18(12)28)30-19(21)29-8-7-24-25-23/h12-16,18-19,26,28H,1,4-10H2,2-3H3/t12-,13-,14+,15+,16-,18+,19+,21-,22+/m0/s1. The zero-order chi connectivity index (χ0) is 21.5. The summed E-state index contributed by atoms with van der Waals surface area (Å²) in [6, 6.07) is 0. The fourth-order valence-electron chi connectivity index (χ4n) is 8.31. The highest BCUT2D eigenvalue weighted by Gasteiger charge is 2.81. The Bertz CT molecular complexity index is 839. The first-order chi connectivity index (χ1) is 14.2. The maximum Gasteiger partial charge on any atom is 0.170 e. The van der Waals surface area contributed by atoms with Gasteiger partial charge in [0.1, 0.15) is 0 Å². The van der Waals surface area contributed by atoms with Gasteiger partial charge in [-0.2, -0.15) is 0 Å². The molecule has 0 radical (unpaired) electrons. The molecule has 30 heavy (non-hydrogen) atoms. The minimum absolute atomic E-state index is 0.00842. The van der Waals surface area contributed by atoms with Gasteiger partial charge in [-0.3, -0.25) is 4.79 Å². The number of ether oxygens (including phenoxy) is 2. The monoisotopic (exact) mass is 417 g/mol. The van der Waals surface area contributed by atoms with Crippen molar-refractivity contribution in [2.45, 2.75) is 70.6 Å². The molecule has 8 nitrogen and oxygen atoms in total. The third-order valence-corrected chi connectivity index (χ3v) is 9.23. The van der Waals surface area contributed by atoms with Gasteiger partial charge in [0.25, 0.3) is 0 Å². The van der Waals surface area contributed by atoms with Crippen LogP contribution in [0.2, 0.25) is 0 Å². The van der Waals surface area contributed by atoms with E-state index in [9.17, 15) is 15.0 Å². The second-order valence-electron chi connectivity index (χ2n) is 10.6. The Morgan fingerprint density at radius 1 is 1.33 bits per heavy atom. The highest BCUT2D eigenvalue weighted by Crippen LogP contribution is 2.75. The Morgan fingerprint density at radius 2 is 2.10 bits per heavy atom. The SMILES string of the molecule is C=C1C(=O)[C@]23[C@H](O)[C@H]1C[C@H](O)[C@H]2[C@]12CCCC(C)(C)[C@H]1C[C@H]3O[C@H]2OCCN=[N+]=[N-]. The molecule has 4 bridgehead atoms. The number of ketones is 1. The Labute approximate surface area is 176 Å². The number of carbonyl (C=O) groups excluding carboxylic acids is 1. The van der Waals surface area contributed by atoms with Gasteiger partial charge in [-0.05, 0) is 48.1 Å². The maximum absolute atomic E-state index is 13.6. The molecular weight excluding hydrogens is 386 g/mol. The second-order valence-corrected chi connectivity index (χ2v) is 10.6. The Morgan fingerprint density at radius 3 is 2.83 bits per heavy atom. The largest absolute Gasteiger partial charge is 0.393 e. The van der Waals surface area contributed by atoms with E-state index < -0.39 is 47.3 Å². The summed E-state index contributed by atoms with van der Waals surface area (Å²) >= 11 is 0. The van der Waals surface area contributed by atoms with Crippen LogP contribution in [0, 0.1) is 34.0 Å². The molecule has 0 unspecified atom stereocenters. The van der Waals surface area contributed by atoms with Crippen LogP contribution in [0.1, 0.15) is 46.0 Å². The molecule has 6 rings (SSSR count). The van der Waals surface area contributed by atoms with Crippen molar-refractivity contribution >= 4 is 5.78 Å². The number of rotatable bonds is 4. The molecule has 2 N–H and O–H groups in total. The van der Waals surface area contributed by atoms with Crippen LogP contribution in [0.5, 0.6) is 0 Å². The van der Waals surface area contributed by atoms with E-state index in [4.69, 9.17) is 15.0 Å². The van der Waals surface area contributed by atoms with Gasteiger partial charge >= 0.3 is 0 Å². The lowest BCUT2D eigenvalue weighted by Gasteiger charge is -2.72. The predicted molar refractivity (Wildman–Crippen MR) is 107 cm³/mol. The molecule has 6 fully saturated rings. The van der Waals surface area contributed by atoms with Crippen LogP contribution in [0.3, 0.4) is 0 Å². The summed E-state index contributed by atoms with van der Waals surface area (Å²) in [5.41, 5.74) is 7.31. The van der Waals surface area contributed by atoms with E-state index in [0.717, 1.165) is 19.3 Å². The Balaban J connectivity index is 1.64. The summed E-state index contributed by atoms with van der Waals surface area (Å²) in [7, 11) is 0. The average Bonchev–Trinajstić information content (AvgIpc) is 2.81. The molecule has 6 aliphatic rings. The van der Waals surface area contributed by atoms with Gasteiger partial charge in [-0.25, -0.2) is 0 Å². The van der Waals surface area contributed by atoms with E-state index in [1.807, 2.05) is 0 Å². The minimum atomic E-state index is -1.13. The molecular formula is C22H31N3O5. The molecule has 164 valence electrons. The summed E-state index contributed by atoms with van der Waals surface area (Å²) in [6.45, 7) is 8.93. The number of fused-ring (bicyclic) bond motifs is 2. The summed E-state index contributed by atoms with van der Waals surface area (Å²) in [6.07, 6.45) is 1.12. The van der Waals surface area contributed by atoms with Crippen LogP contribution in [0.15, 0.2) is 17.3 Å². The van der Waals surface area contributed by atoms with Crippen LogP contribution in [0.4, 0.5) is 0 Å². The van der Waals surface area contributed by atoms with Crippen molar-refractivity contribution < 1.29 is 24.5 Å². The van der Waals surface area contributed by atoms with E-state index in [2.05, 4.69) is 30.5 Å². The van der Waals surface area contributed by atoms with Gasteiger partial charge in [0.05, 0.1) is 30.3 Å². The first kappa shape index (κ1) is 20.5. The van der Waals surface area contributed by atoms with Crippen LogP contribution < -0.4 is 0 Å². The lowest BCUT2D eigenvalue weighted by Crippen LogP contribution is -2.78. The first-order valence-electron chi connectivity index (χ1n) is 11.1. The van der Waals surface area contributed by atoms with E-state index in [0.29, 0.717) is 18.4 Å². The smallest absolute Gasteiger partial charge is 0.170 e. The molecule has 0 amide bonds. The van der Waals surface area contributed by atoms with Crippen molar-refractivity contribution in [3.05, 3.63) is 22.6 Å². The number of nitrogens with zero attached hydrogens (tertiary/aromatic N) is 3. The van der Waals surface area contributed by atoms with Crippen LogP contribution >= 0.6 is 0 Å². The molecule has 0 aromatic heterocycles. The molecule has 2 spiro atoms. The summed E-state index contributed by atoms with van der Waals surface area (Å²) in [5.74, 6) is -0.745. The number of hydrogen-bond acceptors (Lipinski definition) is 6. The minimum Gasteiger partial charge on any atom is -0.393 e. The van der Waals surface area contributed by atoms with E-state index >= 15 is 0 Å². The third kappa shape index (κ3) is 2.21. The van der Waals surface area contributed by atoms with E-state index in [1.54, 1.807) is 0 Å². The summed E-state index contributed by atoms with van der Waals surface area (Å²) < 4.78 is 12.6. The number of hydrogen-bond donors (Lipinski definition) is 2. The summed E-state index contributed by atoms with van der Waals surface area (Å²) in [4.78, 5) is 16.4. The number of Topliss-reactive ketones (excluding diaryl/α,β-unsaturated/α-hetero) is 1. The van der Waals surface area contributed by atoms with Crippen molar-refractivity contribution in [2.75, 3.05) is 13.2 Å². The third-order valence-electron chi connectivity index (χ3n) is 9.23. The molecule has 0 aromatic rings. The summed E-state index contributed by atoms with van der Waals surface area (Å²) in [5, 5.41) is 26.3. The zero-order valence-electron chi connectivity index (χ0n) is 17.7. The average molecular weight is 418 g/mol. The highest BCUT2D eigenvalue weighted by molar-refractivity contribution is 6.04. The van der Waals surface area contributed by atoms with Crippen LogP contribution in [0.25, 0.3) is 10.4 Å². The van der Waals surface area contributed by atoms with Crippen molar-refractivity contribution in [3.63, 3.8) is 0 Å². The van der Waals surface area contributed by atoms with E-state index in [-0.39, 0.29) is 30.3 Å². The van der Waals surface area contributed by atoms with Crippen molar-refractivity contribution in [1.29, 1.82) is 0 Å². The van der Waals surface area contributed by atoms with Gasteiger partial charge < -0.3 is 19.7 Å². The lowest BCUT2D eigenvalue weighted by atomic mass is 9.37. The molecule has 2 saturated heterocycles. The van der Waals surface area contributed by atoms with Crippen molar-refractivity contribution in [2.24, 2.45) is 39.1 Å². The van der Waals surface area contributed by atoms with Gasteiger partial charge in [-0.1, -0.05) is 32.0 Å². The quantitative estimate of drug-likeness (QED) is 0.239. The van der Waals surface area contributed by atoms with E-state index in [1.165, 1.54) is 0 Å². The van der Waals surface area contributed by atoms with Crippen LogP contribution in [-0.2, 0) is 14.3 Å². The second kappa shape index (κ2) is 6.53. The molecule has 2 heterocycles. The van der Waals surface area contributed by atoms with Gasteiger partial charge in [0, 0.05) is 28.7 Å². The highest BCUT2D eigenvalue weighted by atomic mass is 16.7. The molecule has 4 saturated carbocycles. The maximum atomic E-state index is 13.6. The number of aliphatic hydroxyl groups is 2. The number of aliphatic hydroxyl groups excluding tert-OH is 2. The molecule has 0 aromatic carbocycles. The fourth-order valence-corrected chi connectivity index (χ4v) is 8.31. The molecule has 9 atom stereocenters. The van der Waals surface area contributed by atoms with Gasteiger partial charge in [0.2, 0.25) is 0 Å². The van der Waals surface area contributed by atoms with Gasteiger partial charge in [-0.15, -0.1) is 0 Å². The van der Waals surface area contributed by atoms with Crippen molar-refractivity contribution in [3.8, 4) is 0 Å². The van der Waals surface area contributed by atoms with Gasteiger partial charge in [0.15, 0.2) is 12.1 Å². The fraction of sp³-hybridized carbons (Fsp3) is 0.864. The van der Waals surface area contributed by atoms with Crippen molar-refractivity contribution in [1.82, 2.24) is 0 Å². The normalized spacial score (nSPS) is 50.6. The van der Waals surface area contributed by atoms with Crippen LogP contribution in [-0.4, -0.2) is 53.7 Å². The lowest BCUT2D eigenvalue weighted by molar-refractivity contribution is -0.401. The predicted octanol–water partition coefficient (Wildman–Crippen LogP) is 2.74. The molecule has 8 heteroatoms. The Hall–Kier alpha value is -1.44. The first-order valence-corrected chi connectivity index (χ1v) is 11.1. The topological polar surface area (TPSA) is 125 Å². The number of carbonyl (C=O) groups is 1. The number of azide groups is 1. The molecule has 2 aliphatic heterocycles.